The third-order valence-electron chi connectivity index (χ3n) is 6.28. The number of rotatable bonds is 9. The van der Waals surface area contributed by atoms with E-state index in [-0.39, 0.29) is 0 Å². The number of nitrogens with two attached hydrogens (primary N) is 1. The number of azo groups is 2. The summed E-state index contributed by atoms with van der Waals surface area (Å²) in [6.07, 6.45) is 0. The number of phenolic OH excluding ortho intramolecular Hbond substituents is 1. The first kappa shape index (κ1) is 37.3. The van der Waals surface area contributed by atoms with Crippen LogP contribution in [0.1, 0.15) is 5.56 Å². The molecule has 21 nitrogen and oxygen atoms in total. The average molecular weight is 782 g/mol. The minimum Gasteiger partial charge on any atom is -0.505 e. The first-order valence-electron chi connectivity index (χ1n) is 12.3. The Balaban J connectivity index is 2.11. The highest BCUT2D eigenvalue weighted by molar-refractivity contribution is 7.87. The van der Waals surface area contributed by atoms with Gasteiger partial charge in [0.1, 0.15) is 42.3 Å². The van der Waals surface area contributed by atoms with Crippen LogP contribution in [-0.4, -0.2) is 70.0 Å². The van der Waals surface area contributed by atoms with Gasteiger partial charge in [-0.2, -0.15) is 42.1 Å². The number of hydrogen-bond donors (Lipinski definition) is 7. The molecule has 4 aromatic carbocycles. The van der Waals surface area contributed by atoms with Gasteiger partial charge in [-0.3, -0.25) is 22.8 Å². The van der Waals surface area contributed by atoms with E-state index in [1.54, 1.807) is 0 Å². The van der Waals surface area contributed by atoms with E-state index in [9.17, 15) is 70.0 Å². The molecule has 0 saturated heterocycles. The molecule has 0 aliphatic heterocycles. The number of phenols is 1. The Hall–Kier alpha value is -4.51. The maximum Gasteiger partial charge on any atom is 0.296 e. The van der Waals surface area contributed by atoms with E-state index in [1.165, 1.54) is 13.0 Å². The number of benzene rings is 4. The average Bonchev–Trinajstić information content (AvgIpc) is 2.92. The summed E-state index contributed by atoms with van der Waals surface area (Å²) in [6.45, 7) is 1.48. The van der Waals surface area contributed by atoms with Gasteiger partial charge < -0.3 is 10.8 Å². The van der Waals surface area contributed by atoms with Crippen molar-refractivity contribution in [2.75, 3.05) is 5.73 Å². The van der Waals surface area contributed by atoms with E-state index in [0.717, 1.165) is 12.1 Å². The standard InChI is InChI=1S/C23H19N5O16S5/c1-10-2-4-15(46(33,34)35)13(6-10)25-28-22-18(49(42,43)44)8-11-7-17(48(39,40)41)21(20(24)19(11)23(22)29)27-26-14-9-12(45(30,31)32)3-5-16(14)47(36,37)38/h2-9,29H,24H2,1H3,(H,30,31,32)(H,33,34,35)(H,36,37,38)(H,39,40,41)(H,42,43,44). The Morgan fingerprint density at radius 3 is 1.43 bits per heavy atom. The Labute approximate surface area is 276 Å². The van der Waals surface area contributed by atoms with Crippen molar-refractivity contribution >= 4 is 89.8 Å². The fourth-order valence-electron chi connectivity index (χ4n) is 4.19. The molecule has 0 aliphatic carbocycles. The number of nitrogen functional groups attached to an aromatic ring is 1. The predicted molar refractivity (Wildman–Crippen MR) is 165 cm³/mol. The van der Waals surface area contributed by atoms with Crippen molar-refractivity contribution in [1.29, 1.82) is 0 Å². The molecule has 0 fully saturated rings. The maximum atomic E-state index is 12.3. The summed E-state index contributed by atoms with van der Waals surface area (Å²) in [5, 5.41) is 23.7. The van der Waals surface area contributed by atoms with Gasteiger partial charge in [-0.05, 0) is 60.3 Å². The largest absolute Gasteiger partial charge is 0.505 e. The number of nitrogens with zero attached hydrogens (tertiary/aromatic N) is 4. The van der Waals surface area contributed by atoms with Crippen LogP contribution in [0.3, 0.4) is 0 Å². The molecule has 0 amide bonds. The summed E-state index contributed by atoms with van der Waals surface area (Å²) in [6, 6.07) is 5.70. The van der Waals surface area contributed by atoms with Gasteiger partial charge in [-0.1, -0.05) is 6.07 Å². The summed E-state index contributed by atoms with van der Waals surface area (Å²) in [4.78, 5) is -5.41. The van der Waals surface area contributed by atoms with E-state index >= 15 is 0 Å². The van der Waals surface area contributed by atoms with Crippen molar-refractivity contribution in [3.63, 3.8) is 0 Å². The lowest BCUT2D eigenvalue weighted by Gasteiger charge is -2.14. The van der Waals surface area contributed by atoms with Crippen molar-refractivity contribution < 1.29 is 70.0 Å². The van der Waals surface area contributed by atoms with Crippen molar-refractivity contribution in [1.82, 2.24) is 0 Å². The Morgan fingerprint density at radius 1 is 0.531 bits per heavy atom. The van der Waals surface area contributed by atoms with Gasteiger partial charge in [-0.25, -0.2) is 0 Å². The van der Waals surface area contributed by atoms with Crippen LogP contribution in [-0.2, 0) is 50.6 Å². The number of hydrogen-bond acceptors (Lipinski definition) is 16. The molecule has 262 valence electrons. The van der Waals surface area contributed by atoms with Gasteiger partial charge in [0, 0.05) is 0 Å². The van der Waals surface area contributed by atoms with Crippen molar-refractivity contribution in [2.45, 2.75) is 31.4 Å². The minimum absolute atomic E-state index is 0.371. The normalized spacial score (nSPS) is 13.5. The second kappa shape index (κ2) is 12.4. The minimum atomic E-state index is -5.42. The highest BCUT2D eigenvalue weighted by Gasteiger charge is 2.29. The van der Waals surface area contributed by atoms with Gasteiger partial charge in [0.15, 0.2) is 5.75 Å². The summed E-state index contributed by atoms with van der Waals surface area (Å²) < 4.78 is 168. The van der Waals surface area contributed by atoms with Crippen molar-refractivity contribution in [3.8, 4) is 5.75 Å². The Morgan fingerprint density at radius 2 is 0.959 bits per heavy atom. The summed E-state index contributed by atoms with van der Waals surface area (Å²) in [5.41, 5.74) is 1.64. The fourth-order valence-corrected chi connectivity index (χ4v) is 7.23. The molecule has 4 aromatic rings. The maximum absolute atomic E-state index is 12.3. The zero-order valence-electron chi connectivity index (χ0n) is 23.8. The lowest BCUT2D eigenvalue weighted by Crippen LogP contribution is -2.04. The molecule has 49 heavy (non-hydrogen) atoms. The van der Waals surface area contributed by atoms with Crippen LogP contribution in [0.25, 0.3) is 10.8 Å². The molecule has 0 spiro atoms. The summed E-state index contributed by atoms with van der Waals surface area (Å²) in [7, 11) is -25.9. The number of anilines is 1. The molecule has 0 radical (unpaired) electrons. The van der Waals surface area contributed by atoms with E-state index in [4.69, 9.17) is 5.73 Å². The summed E-state index contributed by atoms with van der Waals surface area (Å²) >= 11 is 0. The van der Waals surface area contributed by atoms with E-state index in [1.807, 2.05) is 0 Å². The first-order valence-corrected chi connectivity index (χ1v) is 19.5. The molecular weight excluding hydrogens is 763 g/mol. The van der Waals surface area contributed by atoms with Crippen LogP contribution < -0.4 is 5.73 Å². The van der Waals surface area contributed by atoms with Gasteiger partial charge in [0.25, 0.3) is 50.6 Å². The molecule has 0 saturated carbocycles. The molecule has 0 atom stereocenters. The molecule has 0 unspecified atom stereocenters. The highest BCUT2D eigenvalue weighted by Crippen LogP contribution is 2.48. The Kier molecular flexibility index (Phi) is 9.46. The van der Waals surface area contributed by atoms with E-state index < -0.39 is 120 Å². The van der Waals surface area contributed by atoms with Gasteiger partial charge in [-0.15, -0.1) is 20.5 Å². The zero-order chi connectivity index (χ0) is 37.1. The predicted octanol–water partition coefficient (Wildman–Crippen LogP) is 3.50. The summed E-state index contributed by atoms with van der Waals surface area (Å²) in [5.74, 6) is -1.28. The number of aromatic hydroxyl groups is 1. The van der Waals surface area contributed by atoms with Crippen LogP contribution in [0.15, 0.2) is 93.5 Å². The van der Waals surface area contributed by atoms with Gasteiger partial charge in [0.2, 0.25) is 0 Å². The topological polar surface area (TPSA) is 368 Å². The van der Waals surface area contributed by atoms with Crippen LogP contribution >= 0.6 is 0 Å². The smallest absolute Gasteiger partial charge is 0.296 e. The fraction of sp³-hybridized carbons (Fsp3) is 0.0435. The molecule has 0 aromatic heterocycles. The molecule has 26 heteroatoms. The van der Waals surface area contributed by atoms with Crippen molar-refractivity contribution in [2.24, 2.45) is 20.5 Å². The highest BCUT2D eigenvalue weighted by atomic mass is 32.2. The van der Waals surface area contributed by atoms with Gasteiger partial charge in [0.05, 0.1) is 16.0 Å². The lowest BCUT2D eigenvalue weighted by atomic mass is 10.1. The van der Waals surface area contributed by atoms with Crippen molar-refractivity contribution in [3.05, 3.63) is 54.1 Å². The monoisotopic (exact) mass is 781 g/mol. The van der Waals surface area contributed by atoms with Crippen LogP contribution in [0.5, 0.6) is 5.75 Å². The number of fused-ring (bicyclic) bond motifs is 1. The lowest BCUT2D eigenvalue weighted by molar-refractivity contribution is 0.472. The Bertz CT molecular complexity index is 2710. The number of aryl methyl sites for hydroxylation is 1. The molecular formula is C23H19N5O16S5. The molecule has 8 N–H and O–H groups in total. The molecule has 4 rings (SSSR count). The second-order valence-corrected chi connectivity index (χ2v) is 16.7. The molecule has 0 heterocycles. The van der Waals surface area contributed by atoms with Crippen LogP contribution in [0.4, 0.5) is 28.4 Å². The third-order valence-corrected chi connectivity index (χ3v) is 10.7. The van der Waals surface area contributed by atoms with E-state index in [0.29, 0.717) is 35.9 Å². The zero-order valence-corrected chi connectivity index (χ0v) is 27.9. The molecule has 0 aliphatic rings. The second-order valence-electron chi connectivity index (χ2n) is 9.68. The quantitative estimate of drug-likeness (QED) is 0.0725. The van der Waals surface area contributed by atoms with Crippen LogP contribution in [0.2, 0.25) is 0 Å². The van der Waals surface area contributed by atoms with Crippen LogP contribution in [0, 0.1) is 6.92 Å². The van der Waals surface area contributed by atoms with Gasteiger partial charge >= 0.3 is 0 Å². The third kappa shape index (κ3) is 7.88. The SMILES string of the molecule is Cc1ccc(S(=O)(=O)O)c(N=Nc2c(S(=O)(=O)O)cc3cc(S(=O)(=O)O)c(N=Nc4cc(S(=O)(=O)O)ccc4S(=O)(=O)O)c(N)c3c2O)c1. The molecule has 0 bridgehead atoms. The first-order chi connectivity index (χ1) is 22.2. The van der Waals surface area contributed by atoms with E-state index in [2.05, 4.69) is 20.5 Å².